The smallest absolute Gasteiger partial charge is 0.142 e. The third-order valence-corrected chi connectivity index (χ3v) is 4.72. The van der Waals surface area contributed by atoms with Gasteiger partial charge in [0.1, 0.15) is 11.5 Å². The number of carbonyl (C=O) groups excluding carboxylic acids is 1. The first-order valence-electron chi connectivity index (χ1n) is 7.80. The number of methoxy groups -OCH3 is 1. The van der Waals surface area contributed by atoms with Crippen molar-refractivity contribution >= 4 is 5.78 Å². The van der Waals surface area contributed by atoms with Gasteiger partial charge < -0.3 is 10.5 Å². The third-order valence-electron chi connectivity index (χ3n) is 4.72. The highest BCUT2D eigenvalue weighted by atomic mass is 16.5. The maximum absolute atomic E-state index is 12.6. The van der Waals surface area contributed by atoms with Crippen molar-refractivity contribution in [3.8, 4) is 5.75 Å². The number of hydrogen-bond donors (Lipinski definition) is 1. The molecule has 1 aliphatic rings. The molecule has 2 atom stereocenters. The van der Waals surface area contributed by atoms with Gasteiger partial charge in [0, 0.05) is 29.7 Å². The lowest BCUT2D eigenvalue weighted by Crippen LogP contribution is -2.33. The summed E-state index contributed by atoms with van der Waals surface area (Å²) in [5.74, 6) is 1.58. The second kappa shape index (κ2) is 7.03. The first kappa shape index (κ1) is 16.0. The maximum Gasteiger partial charge on any atom is 0.142 e. The Morgan fingerprint density at radius 2 is 2.10 bits per heavy atom. The number of ether oxygens (including phenoxy) is 1. The number of aryl methyl sites for hydroxylation is 1. The Morgan fingerprint density at radius 1 is 1.38 bits per heavy atom. The second-order valence-corrected chi connectivity index (χ2v) is 6.08. The van der Waals surface area contributed by atoms with Gasteiger partial charge in [-0.15, -0.1) is 0 Å². The van der Waals surface area contributed by atoms with Gasteiger partial charge in [-0.3, -0.25) is 9.78 Å². The topological polar surface area (TPSA) is 65.2 Å². The predicted molar refractivity (Wildman–Crippen MR) is 83.5 cm³/mol. The lowest BCUT2D eigenvalue weighted by atomic mass is 9.76. The first-order chi connectivity index (χ1) is 10.1. The van der Waals surface area contributed by atoms with Crippen molar-refractivity contribution < 1.29 is 9.53 Å². The van der Waals surface area contributed by atoms with E-state index in [-0.39, 0.29) is 11.7 Å². The summed E-state index contributed by atoms with van der Waals surface area (Å²) >= 11 is 0. The van der Waals surface area contributed by atoms with Gasteiger partial charge in [-0.1, -0.05) is 12.8 Å². The number of hydrogen-bond acceptors (Lipinski definition) is 4. The Bertz CT molecular complexity index is 514. The molecule has 0 spiro atoms. The maximum atomic E-state index is 12.6. The molecule has 0 aromatic carbocycles. The highest BCUT2D eigenvalue weighted by Crippen LogP contribution is 2.32. The highest BCUT2D eigenvalue weighted by molar-refractivity contribution is 5.83. The van der Waals surface area contributed by atoms with Gasteiger partial charge in [0.05, 0.1) is 12.8 Å². The molecule has 1 aromatic heterocycles. The van der Waals surface area contributed by atoms with E-state index in [0.29, 0.717) is 18.9 Å². The van der Waals surface area contributed by atoms with Crippen LogP contribution in [0.3, 0.4) is 0 Å². The Labute approximate surface area is 127 Å². The van der Waals surface area contributed by atoms with Gasteiger partial charge in [0.15, 0.2) is 0 Å². The van der Waals surface area contributed by atoms with E-state index >= 15 is 0 Å². The molecule has 0 amide bonds. The second-order valence-electron chi connectivity index (χ2n) is 6.08. The molecule has 0 radical (unpaired) electrons. The number of nitrogens with two attached hydrogens (primary N) is 1. The van der Waals surface area contributed by atoms with Gasteiger partial charge in [0.25, 0.3) is 0 Å². The molecule has 1 aromatic rings. The molecular weight excluding hydrogens is 264 g/mol. The third kappa shape index (κ3) is 3.43. The van der Waals surface area contributed by atoms with E-state index in [4.69, 9.17) is 10.5 Å². The first-order valence-corrected chi connectivity index (χ1v) is 7.80. The zero-order valence-electron chi connectivity index (χ0n) is 13.3. The zero-order valence-corrected chi connectivity index (χ0v) is 13.3. The van der Waals surface area contributed by atoms with E-state index in [1.165, 1.54) is 6.42 Å². The largest absolute Gasteiger partial charge is 0.496 e. The predicted octanol–water partition coefficient (Wildman–Crippen LogP) is 2.58. The Hall–Kier alpha value is -1.42. The fraction of sp³-hybridized carbons (Fsp3) is 0.647. The molecule has 0 saturated heterocycles. The van der Waals surface area contributed by atoms with Gasteiger partial charge in [-0.25, -0.2) is 0 Å². The van der Waals surface area contributed by atoms with Gasteiger partial charge in [0.2, 0.25) is 0 Å². The number of Topliss-reactive ketones (excluding diaryl/α,β-unsaturated/α-hetero) is 1. The SMILES string of the molecule is COc1c(C)cnc(CC(=O)C2CCCCC2CN)c1C. The molecule has 1 aliphatic carbocycles. The Balaban J connectivity index is 2.16. The monoisotopic (exact) mass is 290 g/mol. The molecule has 0 aliphatic heterocycles. The van der Waals surface area contributed by atoms with Crippen LogP contribution in [0.1, 0.15) is 42.5 Å². The molecule has 116 valence electrons. The van der Waals surface area contributed by atoms with Crippen molar-refractivity contribution in [1.82, 2.24) is 4.98 Å². The van der Waals surface area contributed by atoms with Crippen LogP contribution in [0.15, 0.2) is 6.20 Å². The molecule has 4 nitrogen and oxygen atoms in total. The summed E-state index contributed by atoms with van der Waals surface area (Å²) in [7, 11) is 1.66. The number of rotatable bonds is 5. The van der Waals surface area contributed by atoms with Crippen molar-refractivity contribution in [2.45, 2.75) is 46.0 Å². The Kier molecular flexibility index (Phi) is 5.34. The molecular formula is C17H26N2O2. The van der Waals surface area contributed by atoms with E-state index in [0.717, 1.165) is 41.8 Å². The van der Waals surface area contributed by atoms with Crippen LogP contribution >= 0.6 is 0 Å². The molecule has 0 bridgehead atoms. The van der Waals surface area contributed by atoms with Crippen LogP contribution in [0.4, 0.5) is 0 Å². The number of nitrogens with zero attached hydrogens (tertiary/aromatic N) is 1. The molecule has 21 heavy (non-hydrogen) atoms. The lowest BCUT2D eigenvalue weighted by Gasteiger charge is -2.29. The van der Waals surface area contributed by atoms with E-state index in [1.807, 2.05) is 13.8 Å². The van der Waals surface area contributed by atoms with Crippen LogP contribution < -0.4 is 10.5 Å². The van der Waals surface area contributed by atoms with Crippen LogP contribution in [-0.4, -0.2) is 24.4 Å². The van der Waals surface area contributed by atoms with Gasteiger partial charge >= 0.3 is 0 Å². The average Bonchev–Trinajstić information content (AvgIpc) is 2.50. The minimum absolute atomic E-state index is 0.109. The molecule has 1 saturated carbocycles. The summed E-state index contributed by atoms with van der Waals surface area (Å²) in [5.41, 5.74) is 8.65. The van der Waals surface area contributed by atoms with E-state index in [2.05, 4.69) is 4.98 Å². The summed E-state index contributed by atoms with van der Waals surface area (Å²) in [6, 6.07) is 0. The molecule has 2 unspecified atom stereocenters. The molecule has 2 N–H and O–H groups in total. The van der Waals surface area contributed by atoms with Crippen molar-refractivity contribution in [1.29, 1.82) is 0 Å². The highest BCUT2D eigenvalue weighted by Gasteiger charge is 2.30. The van der Waals surface area contributed by atoms with Gasteiger partial charge in [-0.05, 0) is 39.2 Å². The molecule has 4 heteroatoms. The van der Waals surface area contributed by atoms with Crippen molar-refractivity contribution in [2.75, 3.05) is 13.7 Å². The molecule has 1 heterocycles. The zero-order chi connectivity index (χ0) is 15.4. The normalized spacial score (nSPS) is 22.1. The summed E-state index contributed by atoms with van der Waals surface area (Å²) in [5, 5.41) is 0. The molecule has 2 rings (SSSR count). The van der Waals surface area contributed by atoms with Crippen molar-refractivity contribution in [3.63, 3.8) is 0 Å². The molecule has 1 fully saturated rings. The quantitative estimate of drug-likeness (QED) is 0.905. The summed E-state index contributed by atoms with van der Waals surface area (Å²) < 4.78 is 5.41. The van der Waals surface area contributed by atoms with Gasteiger partial charge in [-0.2, -0.15) is 0 Å². The minimum Gasteiger partial charge on any atom is -0.496 e. The van der Waals surface area contributed by atoms with Crippen LogP contribution in [-0.2, 0) is 11.2 Å². The fourth-order valence-electron chi connectivity index (χ4n) is 3.46. The Morgan fingerprint density at radius 3 is 2.76 bits per heavy atom. The van der Waals surface area contributed by atoms with E-state index in [1.54, 1.807) is 13.3 Å². The number of ketones is 1. The number of pyridine rings is 1. The lowest BCUT2D eigenvalue weighted by molar-refractivity contribution is -0.124. The van der Waals surface area contributed by atoms with E-state index < -0.39 is 0 Å². The average molecular weight is 290 g/mol. The fourth-order valence-corrected chi connectivity index (χ4v) is 3.46. The number of aromatic nitrogens is 1. The minimum atomic E-state index is 0.109. The van der Waals surface area contributed by atoms with Crippen LogP contribution in [0, 0.1) is 25.7 Å². The van der Waals surface area contributed by atoms with Crippen molar-refractivity contribution in [2.24, 2.45) is 17.6 Å². The number of carbonyl (C=O) groups is 1. The summed E-state index contributed by atoms with van der Waals surface area (Å²) in [6.45, 7) is 4.55. The van der Waals surface area contributed by atoms with Crippen LogP contribution in [0.5, 0.6) is 5.75 Å². The van der Waals surface area contributed by atoms with Crippen LogP contribution in [0.2, 0.25) is 0 Å². The summed E-state index contributed by atoms with van der Waals surface area (Å²) in [4.78, 5) is 17.1. The van der Waals surface area contributed by atoms with Crippen molar-refractivity contribution in [3.05, 3.63) is 23.0 Å². The van der Waals surface area contributed by atoms with E-state index in [9.17, 15) is 4.79 Å². The standard InChI is InChI=1S/C17H26N2O2/c1-11-10-19-15(12(2)17(11)21-3)8-16(20)14-7-5-4-6-13(14)9-18/h10,13-14H,4-9,18H2,1-3H3. The van der Waals surface area contributed by atoms with Crippen LogP contribution in [0.25, 0.3) is 0 Å². The summed E-state index contributed by atoms with van der Waals surface area (Å²) in [6.07, 6.45) is 6.57.